The van der Waals surface area contributed by atoms with Crippen molar-refractivity contribution in [1.82, 2.24) is 5.32 Å². The van der Waals surface area contributed by atoms with Gasteiger partial charge in [-0.2, -0.15) is 0 Å². The number of hydrogen-bond acceptors (Lipinski definition) is 2. The van der Waals surface area contributed by atoms with Crippen LogP contribution in [0.5, 0.6) is 0 Å². The first-order chi connectivity index (χ1) is 12.6. The molecule has 2 aliphatic carbocycles. The molecule has 0 aliphatic heterocycles. The molecule has 2 aromatic rings. The SMILES string of the molecule is O=C(O)CCc1ccccc1C(=O)N[C@@H]1C[C@]12CCCc1ccccc12. The van der Waals surface area contributed by atoms with Crippen molar-refractivity contribution >= 4 is 11.9 Å². The van der Waals surface area contributed by atoms with Crippen LogP contribution in [0.4, 0.5) is 0 Å². The molecule has 1 saturated carbocycles. The van der Waals surface area contributed by atoms with Crippen molar-refractivity contribution in [2.24, 2.45) is 0 Å². The molecule has 4 heteroatoms. The van der Waals surface area contributed by atoms with E-state index < -0.39 is 5.97 Å². The van der Waals surface area contributed by atoms with Crippen molar-refractivity contribution < 1.29 is 14.7 Å². The molecule has 0 radical (unpaired) electrons. The van der Waals surface area contributed by atoms with Gasteiger partial charge in [0, 0.05) is 23.4 Å². The molecule has 4 nitrogen and oxygen atoms in total. The Kier molecular flexibility index (Phi) is 4.27. The minimum Gasteiger partial charge on any atom is -0.481 e. The standard InChI is InChI=1S/C22H23NO3/c24-20(25)12-11-15-6-1-3-9-17(15)21(26)23-19-14-22(19)13-5-8-16-7-2-4-10-18(16)22/h1-4,6-7,9-10,19H,5,8,11-14H2,(H,23,26)(H,24,25)/t19-,22+/m1/s1. The summed E-state index contributed by atoms with van der Waals surface area (Å²) in [5.41, 5.74) is 4.31. The Bertz CT molecular complexity index is 860. The predicted molar refractivity (Wildman–Crippen MR) is 99.3 cm³/mol. The van der Waals surface area contributed by atoms with E-state index in [2.05, 4.69) is 29.6 Å². The maximum Gasteiger partial charge on any atom is 0.303 e. The molecule has 1 amide bonds. The Hall–Kier alpha value is -2.62. The van der Waals surface area contributed by atoms with Crippen LogP contribution in [0.1, 0.15) is 52.7 Å². The summed E-state index contributed by atoms with van der Waals surface area (Å²) in [5.74, 6) is -0.934. The van der Waals surface area contributed by atoms with Gasteiger partial charge in [-0.1, -0.05) is 42.5 Å². The van der Waals surface area contributed by atoms with Gasteiger partial charge in [0.15, 0.2) is 0 Å². The number of rotatable bonds is 5. The third kappa shape index (κ3) is 3.00. The highest BCUT2D eigenvalue weighted by Gasteiger charge is 2.57. The molecule has 0 aromatic heterocycles. The molecule has 26 heavy (non-hydrogen) atoms. The van der Waals surface area contributed by atoms with Gasteiger partial charge in [-0.05, 0) is 54.9 Å². The highest BCUT2D eigenvalue weighted by Crippen LogP contribution is 2.55. The van der Waals surface area contributed by atoms with Crippen molar-refractivity contribution in [3.63, 3.8) is 0 Å². The molecule has 0 bridgehead atoms. The highest BCUT2D eigenvalue weighted by atomic mass is 16.4. The Morgan fingerprint density at radius 2 is 1.88 bits per heavy atom. The largest absolute Gasteiger partial charge is 0.481 e. The molecule has 2 atom stereocenters. The van der Waals surface area contributed by atoms with Gasteiger partial charge < -0.3 is 10.4 Å². The second-order valence-electron chi connectivity index (χ2n) is 7.45. The summed E-state index contributed by atoms with van der Waals surface area (Å²) in [4.78, 5) is 23.7. The lowest BCUT2D eigenvalue weighted by Crippen LogP contribution is -2.33. The zero-order valence-corrected chi connectivity index (χ0v) is 14.7. The van der Waals surface area contributed by atoms with Gasteiger partial charge in [-0.3, -0.25) is 9.59 Å². The Labute approximate surface area is 153 Å². The number of carboxylic acid groups (broad SMARTS) is 1. The first-order valence-corrected chi connectivity index (χ1v) is 9.29. The second-order valence-corrected chi connectivity index (χ2v) is 7.45. The summed E-state index contributed by atoms with van der Waals surface area (Å²) in [7, 11) is 0. The van der Waals surface area contributed by atoms with Gasteiger partial charge in [0.2, 0.25) is 0 Å². The molecular weight excluding hydrogens is 326 g/mol. The zero-order valence-electron chi connectivity index (χ0n) is 14.7. The monoisotopic (exact) mass is 349 g/mol. The van der Waals surface area contributed by atoms with Crippen molar-refractivity contribution in [3.05, 3.63) is 70.8 Å². The van der Waals surface area contributed by atoms with Gasteiger partial charge in [0.25, 0.3) is 5.91 Å². The summed E-state index contributed by atoms with van der Waals surface area (Å²) in [5, 5.41) is 12.1. The average Bonchev–Trinajstić information content (AvgIpc) is 3.33. The van der Waals surface area contributed by atoms with E-state index in [1.165, 1.54) is 17.5 Å². The Morgan fingerprint density at radius 1 is 1.12 bits per heavy atom. The average molecular weight is 349 g/mol. The number of fused-ring (bicyclic) bond motifs is 2. The number of carbonyl (C=O) groups excluding carboxylic acids is 1. The van der Waals surface area contributed by atoms with E-state index in [1.54, 1.807) is 6.07 Å². The van der Waals surface area contributed by atoms with Crippen LogP contribution in [0.2, 0.25) is 0 Å². The third-order valence-electron chi connectivity index (χ3n) is 5.87. The lowest BCUT2D eigenvalue weighted by atomic mass is 9.79. The first-order valence-electron chi connectivity index (χ1n) is 9.29. The maximum absolute atomic E-state index is 12.8. The fraction of sp³-hybridized carbons (Fsp3) is 0.364. The van der Waals surface area contributed by atoms with E-state index >= 15 is 0 Å². The van der Waals surface area contributed by atoms with Gasteiger partial charge in [0.05, 0.1) is 0 Å². The first kappa shape index (κ1) is 16.8. The number of benzene rings is 2. The third-order valence-corrected chi connectivity index (χ3v) is 5.87. The van der Waals surface area contributed by atoms with E-state index in [9.17, 15) is 9.59 Å². The fourth-order valence-corrected chi connectivity index (χ4v) is 4.46. The molecule has 134 valence electrons. The summed E-state index contributed by atoms with van der Waals surface area (Å²) >= 11 is 0. The Balaban J connectivity index is 1.50. The summed E-state index contributed by atoms with van der Waals surface area (Å²) < 4.78 is 0. The number of amides is 1. The van der Waals surface area contributed by atoms with E-state index in [0.717, 1.165) is 24.8 Å². The number of carbonyl (C=O) groups is 2. The van der Waals surface area contributed by atoms with Crippen LogP contribution in [0.15, 0.2) is 48.5 Å². The minimum absolute atomic E-state index is 0.0328. The van der Waals surface area contributed by atoms with Gasteiger partial charge >= 0.3 is 5.97 Å². The predicted octanol–water partition coefficient (Wildman–Crippen LogP) is 3.48. The normalized spacial score (nSPS) is 23.3. The number of hydrogen-bond donors (Lipinski definition) is 2. The molecule has 2 aromatic carbocycles. The molecule has 2 N–H and O–H groups in total. The van der Waals surface area contributed by atoms with E-state index in [-0.39, 0.29) is 23.8 Å². The summed E-state index contributed by atoms with van der Waals surface area (Å²) in [6, 6.07) is 16.1. The van der Waals surface area contributed by atoms with Crippen LogP contribution in [-0.4, -0.2) is 23.0 Å². The number of aliphatic carboxylic acids is 1. The van der Waals surface area contributed by atoms with Crippen LogP contribution >= 0.6 is 0 Å². The molecule has 2 aliphatic rings. The van der Waals surface area contributed by atoms with E-state index in [1.807, 2.05) is 18.2 Å². The van der Waals surface area contributed by atoms with E-state index in [0.29, 0.717) is 12.0 Å². The van der Waals surface area contributed by atoms with Gasteiger partial charge in [-0.25, -0.2) is 0 Å². The zero-order chi connectivity index (χ0) is 18.1. The van der Waals surface area contributed by atoms with Crippen LogP contribution in [-0.2, 0) is 23.1 Å². The molecule has 0 heterocycles. The second kappa shape index (κ2) is 6.60. The number of aryl methyl sites for hydroxylation is 2. The van der Waals surface area contributed by atoms with Crippen LogP contribution in [0, 0.1) is 0 Å². The lowest BCUT2D eigenvalue weighted by molar-refractivity contribution is -0.136. The molecule has 0 unspecified atom stereocenters. The molecule has 1 spiro atoms. The quantitative estimate of drug-likeness (QED) is 0.868. The molecule has 4 rings (SSSR count). The number of nitrogens with one attached hydrogen (secondary N) is 1. The summed E-state index contributed by atoms with van der Waals surface area (Å²) in [6.45, 7) is 0. The van der Waals surface area contributed by atoms with Crippen molar-refractivity contribution in [2.45, 2.75) is 50.0 Å². The molecule has 1 fully saturated rings. The summed E-state index contributed by atoms with van der Waals surface area (Å²) in [6.07, 6.45) is 4.81. The van der Waals surface area contributed by atoms with Crippen molar-refractivity contribution in [1.29, 1.82) is 0 Å². The topological polar surface area (TPSA) is 66.4 Å². The fourth-order valence-electron chi connectivity index (χ4n) is 4.46. The number of carboxylic acids is 1. The van der Waals surface area contributed by atoms with Crippen molar-refractivity contribution in [3.8, 4) is 0 Å². The lowest BCUT2D eigenvalue weighted by Gasteiger charge is -2.26. The van der Waals surface area contributed by atoms with Crippen LogP contribution in [0.3, 0.4) is 0 Å². The van der Waals surface area contributed by atoms with Gasteiger partial charge in [-0.15, -0.1) is 0 Å². The van der Waals surface area contributed by atoms with Crippen LogP contribution < -0.4 is 5.32 Å². The van der Waals surface area contributed by atoms with E-state index in [4.69, 9.17) is 5.11 Å². The highest BCUT2D eigenvalue weighted by molar-refractivity contribution is 5.96. The Morgan fingerprint density at radius 3 is 2.73 bits per heavy atom. The van der Waals surface area contributed by atoms with Crippen LogP contribution in [0.25, 0.3) is 0 Å². The van der Waals surface area contributed by atoms with Gasteiger partial charge in [0.1, 0.15) is 0 Å². The molecule has 0 saturated heterocycles. The smallest absolute Gasteiger partial charge is 0.303 e. The minimum atomic E-state index is -0.847. The molecular formula is C22H23NO3. The van der Waals surface area contributed by atoms with Crippen molar-refractivity contribution in [2.75, 3.05) is 0 Å². The maximum atomic E-state index is 12.8.